The fourth-order valence-electron chi connectivity index (χ4n) is 2.93. The van der Waals surface area contributed by atoms with Crippen molar-refractivity contribution in [2.24, 2.45) is 5.92 Å². The second-order valence-corrected chi connectivity index (χ2v) is 6.71. The van der Waals surface area contributed by atoms with E-state index < -0.39 is 0 Å². The lowest BCUT2D eigenvalue weighted by atomic mass is 10.1. The van der Waals surface area contributed by atoms with Crippen molar-refractivity contribution < 1.29 is 9.90 Å². The van der Waals surface area contributed by atoms with Gasteiger partial charge in [0, 0.05) is 39.3 Å². The number of hydrogen-bond donors (Lipinski definition) is 3. The minimum absolute atomic E-state index is 0.117. The molecule has 1 aromatic rings. The van der Waals surface area contributed by atoms with Gasteiger partial charge in [-0.1, -0.05) is 37.3 Å². The lowest BCUT2D eigenvalue weighted by Crippen LogP contribution is -2.47. The minimum atomic E-state index is -0.376. The number of aliphatic hydroxyl groups excluding tert-OH is 1. The Labute approximate surface area is 144 Å². The van der Waals surface area contributed by atoms with Crippen molar-refractivity contribution in [3.05, 3.63) is 35.9 Å². The number of rotatable bonds is 7. The molecular weight excluding hydrogens is 304 g/mol. The molecule has 1 aliphatic heterocycles. The third kappa shape index (κ3) is 6.11. The number of urea groups is 1. The first-order valence-electron chi connectivity index (χ1n) is 8.69. The van der Waals surface area contributed by atoms with Gasteiger partial charge in [0.2, 0.25) is 0 Å². The zero-order chi connectivity index (χ0) is 17.4. The predicted molar refractivity (Wildman–Crippen MR) is 95.9 cm³/mol. The SMILES string of the molecule is CC(CNC(=O)NC(CO)c1ccccc1)CN1CCN(C)CC1. The number of hydrogen-bond acceptors (Lipinski definition) is 4. The van der Waals surface area contributed by atoms with Crippen molar-refractivity contribution >= 4 is 6.03 Å². The van der Waals surface area contributed by atoms with Gasteiger partial charge in [-0.25, -0.2) is 4.79 Å². The van der Waals surface area contributed by atoms with Gasteiger partial charge in [-0.3, -0.25) is 0 Å². The van der Waals surface area contributed by atoms with Gasteiger partial charge in [0.1, 0.15) is 0 Å². The molecule has 1 aliphatic rings. The van der Waals surface area contributed by atoms with Crippen LogP contribution in [0.4, 0.5) is 4.79 Å². The van der Waals surface area contributed by atoms with Gasteiger partial charge in [-0.2, -0.15) is 0 Å². The van der Waals surface area contributed by atoms with Crippen molar-refractivity contribution in [2.45, 2.75) is 13.0 Å². The molecule has 2 atom stereocenters. The van der Waals surface area contributed by atoms with E-state index in [2.05, 4.69) is 34.4 Å². The second kappa shape index (κ2) is 9.61. The van der Waals surface area contributed by atoms with E-state index in [1.165, 1.54) is 0 Å². The number of nitrogens with zero attached hydrogens (tertiary/aromatic N) is 2. The van der Waals surface area contributed by atoms with Crippen LogP contribution in [0, 0.1) is 5.92 Å². The summed E-state index contributed by atoms with van der Waals surface area (Å²) >= 11 is 0. The van der Waals surface area contributed by atoms with Gasteiger partial charge in [-0.05, 0) is 18.5 Å². The molecule has 6 heteroatoms. The number of carbonyl (C=O) groups excluding carboxylic acids is 1. The van der Waals surface area contributed by atoms with E-state index in [9.17, 15) is 9.90 Å². The Morgan fingerprint density at radius 2 is 1.88 bits per heavy atom. The molecule has 6 nitrogen and oxygen atoms in total. The summed E-state index contributed by atoms with van der Waals surface area (Å²) in [4.78, 5) is 16.9. The molecule has 2 unspecified atom stereocenters. The smallest absolute Gasteiger partial charge is 0.315 e. The van der Waals surface area contributed by atoms with Gasteiger partial charge in [0.25, 0.3) is 0 Å². The molecule has 3 N–H and O–H groups in total. The van der Waals surface area contributed by atoms with Crippen molar-refractivity contribution in [3.63, 3.8) is 0 Å². The summed E-state index contributed by atoms with van der Waals surface area (Å²) in [6.45, 7) is 8.06. The molecule has 1 heterocycles. The molecular formula is C18H30N4O2. The van der Waals surface area contributed by atoms with Crippen LogP contribution in [0.15, 0.2) is 30.3 Å². The molecule has 0 aliphatic carbocycles. The Hall–Kier alpha value is -1.63. The molecule has 2 rings (SSSR count). The molecule has 0 radical (unpaired) electrons. The highest BCUT2D eigenvalue weighted by molar-refractivity contribution is 5.74. The first-order chi connectivity index (χ1) is 11.6. The summed E-state index contributed by atoms with van der Waals surface area (Å²) in [5.41, 5.74) is 0.903. The number of aliphatic hydroxyl groups is 1. The highest BCUT2D eigenvalue weighted by Crippen LogP contribution is 2.11. The maximum Gasteiger partial charge on any atom is 0.315 e. The molecule has 0 saturated carbocycles. The van der Waals surface area contributed by atoms with Crippen molar-refractivity contribution in [2.75, 3.05) is 52.9 Å². The Morgan fingerprint density at radius 1 is 1.21 bits per heavy atom. The predicted octanol–water partition coefficient (Wildman–Crippen LogP) is 0.903. The number of likely N-dealkylation sites (N-methyl/N-ethyl adjacent to an activating group) is 1. The number of piperazine rings is 1. The fourth-order valence-corrected chi connectivity index (χ4v) is 2.93. The van der Waals surface area contributed by atoms with Crippen LogP contribution in [0.25, 0.3) is 0 Å². The molecule has 1 saturated heterocycles. The summed E-state index contributed by atoms with van der Waals surface area (Å²) in [6, 6.07) is 8.90. The van der Waals surface area contributed by atoms with E-state index in [1.54, 1.807) is 0 Å². The summed E-state index contributed by atoms with van der Waals surface area (Å²) < 4.78 is 0. The summed E-state index contributed by atoms with van der Waals surface area (Å²) in [6.07, 6.45) is 0. The Bertz CT molecular complexity index is 489. The molecule has 0 aromatic heterocycles. The molecule has 1 fully saturated rings. The maximum absolute atomic E-state index is 12.1. The van der Waals surface area contributed by atoms with Crippen LogP contribution in [0.1, 0.15) is 18.5 Å². The normalized spacial score (nSPS) is 18.8. The lowest BCUT2D eigenvalue weighted by molar-refractivity contribution is 0.138. The zero-order valence-electron chi connectivity index (χ0n) is 14.7. The topological polar surface area (TPSA) is 67.8 Å². The van der Waals surface area contributed by atoms with E-state index in [1.807, 2.05) is 30.3 Å². The molecule has 0 bridgehead atoms. The van der Waals surface area contributed by atoms with E-state index >= 15 is 0 Å². The molecule has 24 heavy (non-hydrogen) atoms. The molecule has 0 spiro atoms. The average molecular weight is 334 g/mol. The van der Waals surface area contributed by atoms with Crippen LogP contribution < -0.4 is 10.6 Å². The average Bonchev–Trinajstić information content (AvgIpc) is 2.60. The second-order valence-electron chi connectivity index (χ2n) is 6.71. The number of amides is 2. The van der Waals surface area contributed by atoms with Gasteiger partial charge < -0.3 is 25.5 Å². The van der Waals surface area contributed by atoms with Gasteiger partial charge in [0.05, 0.1) is 12.6 Å². The van der Waals surface area contributed by atoms with Crippen molar-refractivity contribution in [1.82, 2.24) is 20.4 Å². The molecule has 134 valence electrons. The van der Waals surface area contributed by atoms with E-state index in [-0.39, 0.29) is 18.7 Å². The summed E-state index contributed by atoms with van der Waals surface area (Å²) in [7, 11) is 2.15. The Balaban J connectivity index is 1.70. The van der Waals surface area contributed by atoms with Crippen LogP contribution in [-0.2, 0) is 0 Å². The van der Waals surface area contributed by atoms with Crippen LogP contribution in [0.3, 0.4) is 0 Å². The van der Waals surface area contributed by atoms with Crippen LogP contribution in [0.5, 0.6) is 0 Å². The van der Waals surface area contributed by atoms with Gasteiger partial charge in [-0.15, -0.1) is 0 Å². The third-order valence-corrected chi connectivity index (χ3v) is 4.47. The number of carbonyl (C=O) groups is 1. The third-order valence-electron chi connectivity index (χ3n) is 4.47. The minimum Gasteiger partial charge on any atom is -0.394 e. The fraction of sp³-hybridized carbons (Fsp3) is 0.611. The Kier molecular flexibility index (Phi) is 7.49. The highest BCUT2D eigenvalue weighted by atomic mass is 16.3. The number of benzene rings is 1. The summed E-state index contributed by atoms with van der Waals surface area (Å²) in [5.74, 6) is 0.392. The van der Waals surface area contributed by atoms with Crippen LogP contribution >= 0.6 is 0 Å². The van der Waals surface area contributed by atoms with E-state index in [0.717, 1.165) is 38.3 Å². The van der Waals surface area contributed by atoms with Crippen LogP contribution in [-0.4, -0.2) is 73.9 Å². The largest absolute Gasteiger partial charge is 0.394 e. The molecule has 1 aromatic carbocycles. The Morgan fingerprint density at radius 3 is 2.50 bits per heavy atom. The van der Waals surface area contributed by atoms with Crippen molar-refractivity contribution in [3.8, 4) is 0 Å². The quantitative estimate of drug-likeness (QED) is 0.693. The first-order valence-corrected chi connectivity index (χ1v) is 8.69. The zero-order valence-corrected chi connectivity index (χ0v) is 14.7. The van der Waals surface area contributed by atoms with Gasteiger partial charge in [0.15, 0.2) is 0 Å². The standard InChI is InChI=1S/C18H30N4O2/c1-15(13-22-10-8-21(2)9-11-22)12-19-18(24)20-17(14-23)16-6-4-3-5-7-16/h3-7,15,17,23H,8-14H2,1-2H3,(H2,19,20,24). The highest BCUT2D eigenvalue weighted by Gasteiger charge is 2.17. The van der Waals surface area contributed by atoms with Crippen LogP contribution in [0.2, 0.25) is 0 Å². The maximum atomic E-state index is 12.1. The monoisotopic (exact) mass is 334 g/mol. The van der Waals surface area contributed by atoms with Gasteiger partial charge >= 0.3 is 6.03 Å². The van der Waals surface area contributed by atoms with E-state index in [0.29, 0.717) is 12.5 Å². The summed E-state index contributed by atoms with van der Waals surface area (Å²) in [5, 5.41) is 15.2. The lowest BCUT2D eigenvalue weighted by Gasteiger charge is -2.34. The van der Waals surface area contributed by atoms with Crippen molar-refractivity contribution in [1.29, 1.82) is 0 Å². The van der Waals surface area contributed by atoms with E-state index in [4.69, 9.17) is 0 Å². The molecule has 2 amide bonds. The number of nitrogens with one attached hydrogen (secondary N) is 2. The first kappa shape index (κ1) is 18.7.